The maximum atomic E-state index is 11.1. The second-order valence-electron chi connectivity index (χ2n) is 3.23. The topological polar surface area (TPSA) is 77.8 Å². The van der Waals surface area contributed by atoms with Gasteiger partial charge in [0.05, 0.1) is 17.9 Å². The zero-order valence-corrected chi connectivity index (χ0v) is 8.24. The van der Waals surface area contributed by atoms with Crippen molar-refractivity contribution < 1.29 is 19.8 Å². The van der Waals surface area contributed by atoms with Gasteiger partial charge in [0.1, 0.15) is 5.70 Å². The van der Waals surface area contributed by atoms with Gasteiger partial charge in [-0.25, -0.2) is 4.79 Å². The first-order chi connectivity index (χ1) is 6.52. The summed E-state index contributed by atoms with van der Waals surface area (Å²) < 4.78 is 0. The predicted octanol–water partition coefficient (Wildman–Crippen LogP) is -0.0314. The number of aliphatic carboxylic acids is 1. The Bertz CT molecular complexity index is 349. The summed E-state index contributed by atoms with van der Waals surface area (Å²) in [5.74, 6) is -1.33. The van der Waals surface area contributed by atoms with Gasteiger partial charge in [0.15, 0.2) is 0 Å². The number of thioether (sulfide) groups is 1. The van der Waals surface area contributed by atoms with E-state index in [1.165, 1.54) is 23.6 Å². The van der Waals surface area contributed by atoms with Crippen molar-refractivity contribution in [3.05, 3.63) is 10.6 Å². The molecule has 76 valence electrons. The maximum absolute atomic E-state index is 11.1. The molecule has 2 rings (SSSR count). The van der Waals surface area contributed by atoms with Crippen LogP contribution in [-0.4, -0.2) is 38.5 Å². The lowest BCUT2D eigenvalue weighted by Gasteiger charge is -2.33. The molecule has 6 heteroatoms. The van der Waals surface area contributed by atoms with E-state index in [1.807, 2.05) is 0 Å². The summed E-state index contributed by atoms with van der Waals surface area (Å²) in [5, 5.41) is 18.1. The Labute approximate surface area is 84.4 Å². The summed E-state index contributed by atoms with van der Waals surface area (Å²) in [4.78, 5) is 23.6. The Balaban J connectivity index is 2.38. The van der Waals surface area contributed by atoms with E-state index in [1.54, 1.807) is 0 Å². The van der Waals surface area contributed by atoms with Crippen LogP contribution in [0, 0.1) is 0 Å². The third kappa shape index (κ3) is 1.14. The number of carboxylic acid groups (broad SMARTS) is 1. The number of carbonyl (C=O) groups is 2. The standard InChI is InChI=1S/C8H9NO4S/c1-3(10)7-6(8(12)13)9-4(11)2-5(9)14-7/h3,5,10H,2H2,1H3,(H,12,13)/t3-,5+/m1/s1. The quantitative estimate of drug-likeness (QED) is 0.632. The summed E-state index contributed by atoms with van der Waals surface area (Å²) in [6, 6.07) is 0. The van der Waals surface area contributed by atoms with E-state index < -0.39 is 12.1 Å². The number of fused-ring (bicyclic) bond motifs is 1. The molecular weight excluding hydrogens is 206 g/mol. The smallest absolute Gasteiger partial charge is 0.353 e. The van der Waals surface area contributed by atoms with Crippen molar-refractivity contribution in [2.45, 2.75) is 24.8 Å². The van der Waals surface area contributed by atoms with Crippen LogP contribution in [0.15, 0.2) is 10.6 Å². The molecule has 0 radical (unpaired) electrons. The lowest BCUT2D eigenvalue weighted by Crippen LogP contribution is -2.48. The van der Waals surface area contributed by atoms with E-state index in [-0.39, 0.29) is 17.0 Å². The number of β-lactam (4-membered cyclic amide) rings is 1. The fourth-order valence-electron chi connectivity index (χ4n) is 1.58. The first kappa shape index (κ1) is 9.54. The summed E-state index contributed by atoms with van der Waals surface area (Å²) in [6.45, 7) is 1.50. The second kappa shape index (κ2) is 2.99. The Hall–Kier alpha value is -1.01. The normalized spacial score (nSPS) is 27.4. The Kier molecular flexibility index (Phi) is 2.04. The van der Waals surface area contributed by atoms with E-state index in [0.717, 1.165) is 0 Å². The highest BCUT2D eigenvalue weighted by molar-refractivity contribution is 8.04. The predicted molar refractivity (Wildman–Crippen MR) is 49.2 cm³/mol. The zero-order valence-electron chi connectivity index (χ0n) is 7.43. The molecule has 2 aliphatic rings. The summed E-state index contributed by atoms with van der Waals surface area (Å²) >= 11 is 1.26. The summed E-state index contributed by atoms with van der Waals surface area (Å²) in [6.07, 6.45) is -0.470. The van der Waals surface area contributed by atoms with Crippen LogP contribution in [0.3, 0.4) is 0 Å². The number of aliphatic hydroxyl groups is 1. The summed E-state index contributed by atoms with van der Waals surface area (Å²) in [7, 11) is 0. The van der Waals surface area contributed by atoms with Crippen LogP contribution in [0.1, 0.15) is 13.3 Å². The van der Waals surface area contributed by atoms with Crippen LogP contribution in [0.2, 0.25) is 0 Å². The second-order valence-corrected chi connectivity index (χ2v) is 4.45. The van der Waals surface area contributed by atoms with E-state index in [4.69, 9.17) is 5.11 Å². The Morgan fingerprint density at radius 2 is 2.36 bits per heavy atom. The highest BCUT2D eigenvalue weighted by Crippen LogP contribution is 2.47. The molecule has 2 N–H and O–H groups in total. The summed E-state index contributed by atoms with van der Waals surface area (Å²) in [5.41, 5.74) is -0.0498. The molecule has 1 saturated heterocycles. The third-order valence-corrected chi connectivity index (χ3v) is 3.66. The molecule has 0 aliphatic carbocycles. The molecule has 0 unspecified atom stereocenters. The first-order valence-corrected chi connectivity index (χ1v) is 5.04. The molecule has 0 aromatic rings. The first-order valence-electron chi connectivity index (χ1n) is 4.16. The highest BCUT2D eigenvalue weighted by atomic mass is 32.2. The van der Waals surface area contributed by atoms with Gasteiger partial charge in [-0.2, -0.15) is 0 Å². The molecule has 2 heterocycles. The van der Waals surface area contributed by atoms with Crippen molar-refractivity contribution in [2.24, 2.45) is 0 Å². The SMILES string of the molecule is C[C@@H](O)C1=C(C(=O)O)N2C(=O)C[C@@H]2S1. The van der Waals surface area contributed by atoms with E-state index >= 15 is 0 Å². The number of rotatable bonds is 2. The average molecular weight is 215 g/mol. The maximum Gasteiger partial charge on any atom is 0.353 e. The van der Waals surface area contributed by atoms with Crippen LogP contribution in [0.4, 0.5) is 0 Å². The molecular formula is C8H9NO4S. The van der Waals surface area contributed by atoms with Crippen molar-refractivity contribution >= 4 is 23.6 Å². The lowest BCUT2D eigenvalue weighted by molar-refractivity contribution is -0.145. The number of carboxylic acids is 1. The molecule has 2 aliphatic heterocycles. The fraction of sp³-hybridized carbons (Fsp3) is 0.500. The van der Waals surface area contributed by atoms with E-state index in [9.17, 15) is 14.7 Å². The third-order valence-electron chi connectivity index (χ3n) is 2.23. The number of hydrogen-bond donors (Lipinski definition) is 2. The molecule has 14 heavy (non-hydrogen) atoms. The van der Waals surface area contributed by atoms with Gasteiger partial charge >= 0.3 is 5.97 Å². The van der Waals surface area contributed by atoms with Crippen molar-refractivity contribution in [3.8, 4) is 0 Å². The molecule has 1 fully saturated rings. The lowest BCUT2D eigenvalue weighted by atomic mass is 10.1. The van der Waals surface area contributed by atoms with Gasteiger partial charge < -0.3 is 10.2 Å². The molecule has 0 bridgehead atoms. The van der Waals surface area contributed by atoms with Crippen LogP contribution in [0.5, 0.6) is 0 Å². The molecule has 2 atom stereocenters. The van der Waals surface area contributed by atoms with Gasteiger partial charge in [0.2, 0.25) is 5.91 Å². The van der Waals surface area contributed by atoms with Gasteiger partial charge in [-0.1, -0.05) is 11.8 Å². The minimum atomic E-state index is -1.15. The molecule has 5 nitrogen and oxygen atoms in total. The molecule has 0 aromatic carbocycles. The van der Waals surface area contributed by atoms with E-state index in [2.05, 4.69) is 0 Å². The fourth-order valence-corrected chi connectivity index (χ4v) is 2.92. The number of carbonyl (C=O) groups excluding carboxylic acids is 1. The van der Waals surface area contributed by atoms with E-state index in [0.29, 0.717) is 11.3 Å². The van der Waals surface area contributed by atoms with Gasteiger partial charge in [-0.05, 0) is 6.92 Å². The monoisotopic (exact) mass is 215 g/mol. The minimum absolute atomic E-state index is 0.0498. The van der Waals surface area contributed by atoms with Gasteiger partial charge in [-0.15, -0.1) is 0 Å². The van der Waals surface area contributed by atoms with Crippen molar-refractivity contribution in [2.75, 3.05) is 0 Å². The number of hydrogen-bond acceptors (Lipinski definition) is 4. The molecule has 0 aromatic heterocycles. The van der Waals surface area contributed by atoms with Gasteiger partial charge in [0.25, 0.3) is 0 Å². The largest absolute Gasteiger partial charge is 0.477 e. The van der Waals surface area contributed by atoms with Crippen molar-refractivity contribution in [1.82, 2.24) is 4.90 Å². The minimum Gasteiger partial charge on any atom is -0.477 e. The van der Waals surface area contributed by atoms with Crippen LogP contribution >= 0.6 is 11.8 Å². The van der Waals surface area contributed by atoms with Crippen LogP contribution in [0.25, 0.3) is 0 Å². The molecule has 1 amide bonds. The van der Waals surface area contributed by atoms with Crippen molar-refractivity contribution in [1.29, 1.82) is 0 Å². The molecule has 0 spiro atoms. The number of nitrogens with zero attached hydrogens (tertiary/aromatic N) is 1. The Morgan fingerprint density at radius 3 is 2.79 bits per heavy atom. The highest BCUT2D eigenvalue weighted by Gasteiger charge is 2.49. The number of amides is 1. The number of aliphatic hydroxyl groups excluding tert-OH is 1. The average Bonchev–Trinajstić information content (AvgIpc) is 2.37. The van der Waals surface area contributed by atoms with Crippen LogP contribution < -0.4 is 0 Å². The zero-order chi connectivity index (χ0) is 10.5. The van der Waals surface area contributed by atoms with Gasteiger partial charge in [-0.3, -0.25) is 9.69 Å². The van der Waals surface area contributed by atoms with Gasteiger partial charge in [0, 0.05) is 4.91 Å². The van der Waals surface area contributed by atoms with Crippen LogP contribution in [-0.2, 0) is 9.59 Å². The Morgan fingerprint density at radius 1 is 1.71 bits per heavy atom. The van der Waals surface area contributed by atoms with Crippen molar-refractivity contribution in [3.63, 3.8) is 0 Å². The molecule has 0 saturated carbocycles.